The summed E-state index contributed by atoms with van der Waals surface area (Å²) in [7, 11) is -1.73. The average molecular weight is 556 g/mol. The molecule has 0 fully saturated rings. The Morgan fingerprint density at radius 3 is 1.52 bits per heavy atom. The van der Waals surface area contributed by atoms with Crippen molar-refractivity contribution >= 4 is 29.1 Å². The van der Waals surface area contributed by atoms with Gasteiger partial charge in [-0.15, -0.1) is 0 Å². The van der Waals surface area contributed by atoms with Crippen LogP contribution in [0.5, 0.6) is 11.5 Å². The number of aromatic hydroxyl groups is 2. The first kappa shape index (κ1) is 29.4. The first-order chi connectivity index (χ1) is 19.6. The van der Waals surface area contributed by atoms with Crippen LogP contribution in [0.1, 0.15) is 61.7 Å². The second kappa shape index (κ2) is 15.2. The van der Waals surface area contributed by atoms with Crippen molar-refractivity contribution < 1.29 is 19.7 Å². The normalized spacial score (nSPS) is 11.3. The summed E-state index contributed by atoms with van der Waals surface area (Å²) in [4.78, 5) is 12.1. The molecule has 2 N–H and O–H groups in total. The monoisotopic (exact) mass is 555 g/mol. The summed E-state index contributed by atoms with van der Waals surface area (Å²) in [5, 5.41) is 23.6. The van der Waals surface area contributed by atoms with Crippen LogP contribution >= 0.6 is 7.26 Å². The van der Waals surface area contributed by atoms with Gasteiger partial charge >= 0.3 is 5.97 Å². The van der Waals surface area contributed by atoms with E-state index in [4.69, 9.17) is 4.74 Å². The van der Waals surface area contributed by atoms with E-state index >= 15 is 0 Å². The van der Waals surface area contributed by atoms with Gasteiger partial charge in [0.25, 0.3) is 0 Å². The topological polar surface area (TPSA) is 66.8 Å². The van der Waals surface area contributed by atoms with Gasteiger partial charge in [-0.25, -0.2) is 4.79 Å². The fourth-order valence-electron chi connectivity index (χ4n) is 5.32. The molecule has 0 aromatic heterocycles. The summed E-state index contributed by atoms with van der Waals surface area (Å²) in [5.41, 5.74) is -0.00161. The van der Waals surface area contributed by atoms with E-state index in [1.54, 1.807) is 0 Å². The van der Waals surface area contributed by atoms with E-state index in [0.29, 0.717) is 6.61 Å². The Morgan fingerprint density at radius 2 is 1.02 bits per heavy atom. The Hall–Kier alpha value is -3.62. The van der Waals surface area contributed by atoms with E-state index in [2.05, 4.69) is 91.0 Å². The molecule has 4 aromatic carbocycles. The zero-order valence-electron chi connectivity index (χ0n) is 23.1. The first-order valence-electron chi connectivity index (χ1n) is 14.4. The number of hydrogen-bond acceptors (Lipinski definition) is 4. The van der Waals surface area contributed by atoms with E-state index < -0.39 is 13.2 Å². The molecule has 0 heterocycles. The van der Waals surface area contributed by atoms with Crippen LogP contribution in [0.15, 0.2) is 109 Å². The van der Waals surface area contributed by atoms with Crippen LogP contribution in [0.3, 0.4) is 0 Å². The van der Waals surface area contributed by atoms with Crippen LogP contribution < -0.4 is 15.9 Å². The van der Waals surface area contributed by atoms with E-state index in [1.165, 1.54) is 72.4 Å². The third kappa shape index (κ3) is 7.73. The zero-order chi connectivity index (χ0) is 28.0. The van der Waals surface area contributed by atoms with E-state index in [9.17, 15) is 15.0 Å². The minimum Gasteiger partial charge on any atom is -0.508 e. The Balaban J connectivity index is 1.22. The van der Waals surface area contributed by atoms with Crippen LogP contribution in [0.4, 0.5) is 0 Å². The molecule has 40 heavy (non-hydrogen) atoms. The number of phenolic OH excluding ortho intramolecular Hbond substituents is 2. The van der Waals surface area contributed by atoms with Crippen molar-refractivity contribution in [1.29, 1.82) is 0 Å². The summed E-state index contributed by atoms with van der Waals surface area (Å²) < 4.78 is 5.26. The maximum Gasteiger partial charge on any atom is 0.342 e. The van der Waals surface area contributed by atoms with Crippen LogP contribution in [-0.2, 0) is 4.74 Å². The highest BCUT2D eigenvalue weighted by Gasteiger charge is 2.44. The van der Waals surface area contributed by atoms with Crippen molar-refractivity contribution in [2.24, 2.45) is 0 Å². The molecule has 0 bridgehead atoms. The van der Waals surface area contributed by atoms with Gasteiger partial charge in [0, 0.05) is 0 Å². The van der Waals surface area contributed by atoms with E-state index in [0.717, 1.165) is 19.3 Å². The second-order valence-corrected chi connectivity index (χ2v) is 13.8. The molecule has 0 saturated heterocycles. The summed E-state index contributed by atoms with van der Waals surface area (Å²) in [6.07, 6.45) is 10.1. The van der Waals surface area contributed by atoms with Gasteiger partial charge in [-0.05, 0) is 73.9 Å². The molecule has 0 amide bonds. The maximum absolute atomic E-state index is 12.1. The largest absolute Gasteiger partial charge is 0.508 e. The lowest BCUT2D eigenvalue weighted by molar-refractivity contribution is 0.0494. The lowest BCUT2D eigenvalue weighted by Gasteiger charge is -2.27. The fourth-order valence-corrected chi connectivity index (χ4v) is 9.73. The van der Waals surface area contributed by atoms with Gasteiger partial charge in [0.1, 0.15) is 40.2 Å². The van der Waals surface area contributed by atoms with Crippen molar-refractivity contribution in [3.63, 3.8) is 0 Å². The summed E-state index contributed by atoms with van der Waals surface area (Å²) in [6.45, 7) is 0.318. The van der Waals surface area contributed by atoms with Crippen molar-refractivity contribution in [2.75, 3.05) is 12.8 Å². The summed E-state index contributed by atoms with van der Waals surface area (Å²) in [5.74, 6) is -0.857. The van der Waals surface area contributed by atoms with E-state index in [1.807, 2.05) is 0 Å². The van der Waals surface area contributed by atoms with Crippen molar-refractivity contribution in [3.8, 4) is 11.5 Å². The van der Waals surface area contributed by atoms with E-state index in [-0.39, 0.29) is 17.1 Å². The number of carbonyl (C=O) groups excluding carboxylic acids is 1. The predicted octanol–water partition coefficient (Wildman–Crippen LogP) is 7.37. The molecule has 208 valence electrons. The molecule has 0 radical (unpaired) electrons. The van der Waals surface area contributed by atoms with Crippen molar-refractivity contribution in [1.82, 2.24) is 0 Å². The smallest absolute Gasteiger partial charge is 0.342 e. The molecule has 4 aromatic rings. The van der Waals surface area contributed by atoms with Gasteiger partial charge in [-0.3, -0.25) is 0 Å². The standard InChI is InChI=1S/C35H39O4P/c36-29-24-25-34(37)33(28-29)35(38)39-26-16-5-3-1-2-4-6-17-27-40(30-18-10-7-11-19-30,31-20-12-8-13-21-31)32-22-14-9-15-23-32/h7-15,18-25,28H,1-6,16-17,26-27H2,(H-,36,37,38)/p+1. The number of phenols is 2. The van der Waals surface area contributed by atoms with Crippen molar-refractivity contribution in [2.45, 2.75) is 51.4 Å². The first-order valence-corrected chi connectivity index (χ1v) is 16.3. The highest BCUT2D eigenvalue weighted by Crippen LogP contribution is 2.56. The third-order valence-electron chi connectivity index (χ3n) is 7.41. The number of unbranched alkanes of at least 4 members (excludes halogenated alkanes) is 7. The van der Waals surface area contributed by atoms with Gasteiger partial charge in [0.2, 0.25) is 0 Å². The molecule has 4 rings (SSSR count). The van der Waals surface area contributed by atoms with Crippen LogP contribution in [-0.4, -0.2) is 29.0 Å². The molecule has 4 nitrogen and oxygen atoms in total. The highest BCUT2D eigenvalue weighted by molar-refractivity contribution is 7.95. The maximum atomic E-state index is 12.1. The number of rotatable bonds is 15. The van der Waals surface area contributed by atoms with Crippen LogP contribution in [0.25, 0.3) is 0 Å². The van der Waals surface area contributed by atoms with Crippen LogP contribution in [0, 0.1) is 0 Å². The second-order valence-electron chi connectivity index (χ2n) is 10.2. The van der Waals surface area contributed by atoms with Crippen LogP contribution in [0.2, 0.25) is 0 Å². The average Bonchev–Trinajstić information content (AvgIpc) is 3.00. The number of carbonyl (C=O) groups is 1. The Morgan fingerprint density at radius 1 is 0.575 bits per heavy atom. The van der Waals surface area contributed by atoms with Gasteiger partial charge in [-0.1, -0.05) is 86.7 Å². The molecule has 0 saturated carbocycles. The number of esters is 1. The molecule has 5 heteroatoms. The fraction of sp³-hybridized carbons (Fsp3) is 0.286. The number of hydrogen-bond donors (Lipinski definition) is 2. The Kier molecular flexibility index (Phi) is 11.2. The molecule has 0 aliphatic heterocycles. The van der Waals surface area contributed by atoms with Gasteiger partial charge < -0.3 is 14.9 Å². The molecule has 0 atom stereocenters. The molecule has 0 spiro atoms. The quantitative estimate of drug-likeness (QED) is 0.0696. The Bertz CT molecular complexity index is 1210. The molecule has 0 aliphatic carbocycles. The lowest BCUT2D eigenvalue weighted by atomic mass is 10.1. The highest BCUT2D eigenvalue weighted by atomic mass is 31.2. The number of benzene rings is 4. The summed E-state index contributed by atoms with van der Waals surface area (Å²) in [6, 6.07) is 37.1. The SMILES string of the molecule is O=C(OCCCCCCCCCC[P+](c1ccccc1)(c1ccccc1)c1ccccc1)c1cc(O)ccc1O. The predicted molar refractivity (Wildman–Crippen MR) is 167 cm³/mol. The van der Waals surface area contributed by atoms with Gasteiger partial charge in [0.15, 0.2) is 0 Å². The molecular formula is C35H40O4P+. The molecule has 0 unspecified atom stereocenters. The molecular weight excluding hydrogens is 515 g/mol. The van der Waals surface area contributed by atoms with Gasteiger partial charge in [-0.2, -0.15) is 0 Å². The number of ether oxygens (including phenoxy) is 1. The molecule has 0 aliphatic rings. The third-order valence-corrected chi connectivity index (χ3v) is 11.9. The minimum atomic E-state index is -1.73. The zero-order valence-corrected chi connectivity index (χ0v) is 24.0. The lowest BCUT2D eigenvalue weighted by Crippen LogP contribution is -2.33. The summed E-state index contributed by atoms with van der Waals surface area (Å²) >= 11 is 0. The van der Waals surface area contributed by atoms with Gasteiger partial charge in [0.05, 0.1) is 12.8 Å². The van der Waals surface area contributed by atoms with Crippen molar-refractivity contribution in [3.05, 3.63) is 115 Å². The minimum absolute atomic E-state index is 0.00161. The Labute approximate surface area is 239 Å².